The first kappa shape index (κ1) is 17.0. The third-order valence-corrected chi connectivity index (χ3v) is 4.82. The number of para-hydroxylation sites is 1. The summed E-state index contributed by atoms with van der Waals surface area (Å²) in [7, 11) is 3.46. The van der Waals surface area contributed by atoms with Crippen molar-refractivity contribution in [3.05, 3.63) is 30.0 Å². The van der Waals surface area contributed by atoms with Crippen LogP contribution in [-0.4, -0.2) is 56.4 Å². The average Bonchev–Trinajstić information content (AvgIpc) is 2.62. The molecule has 1 N–H and O–H groups in total. The third-order valence-electron chi connectivity index (χ3n) is 4.82. The number of fused-ring (bicyclic) bond motifs is 1. The van der Waals surface area contributed by atoms with Gasteiger partial charge < -0.3 is 19.7 Å². The lowest BCUT2D eigenvalue weighted by Crippen LogP contribution is -2.40. The van der Waals surface area contributed by atoms with Gasteiger partial charge in [0.15, 0.2) is 0 Å². The Labute approximate surface area is 144 Å². The molecular formula is C19H27N3O2. The Hall–Kier alpha value is -1.85. The minimum absolute atomic E-state index is 0.499. The van der Waals surface area contributed by atoms with E-state index in [4.69, 9.17) is 9.47 Å². The number of likely N-dealkylation sites (tertiary alicyclic amines) is 1. The molecule has 24 heavy (non-hydrogen) atoms. The van der Waals surface area contributed by atoms with E-state index in [-0.39, 0.29) is 0 Å². The van der Waals surface area contributed by atoms with E-state index in [1.165, 1.54) is 11.3 Å². The zero-order valence-electron chi connectivity index (χ0n) is 14.8. The molecule has 0 unspecified atom stereocenters. The molecule has 1 aromatic carbocycles. The van der Waals surface area contributed by atoms with Crippen molar-refractivity contribution in [1.82, 2.24) is 9.88 Å². The smallest absolute Gasteiger partial charge is 0.145 e. The quantitative estimate of drug-likeness (QED) is 0.882. The summed E-state index contributed by atoms with van der Waals surface area (Å²) in [5.74, 6) is 0.824. The molecule has 5 heteroatoms. The van der Waals surface area contributed by atoms with Gasteiger partial charge in [0.2, 0.25) is 0 Å². The fraction of sp³-hybridized carbons (Fsp3) is 0.526. The number of benzene rings is 1. The van der Waals surface area contributed by atoms with E-state index in [0.29, 0.717) is 6.04 Å². The molecule has 0 radical (unpaired) electrons. The van der Waals surface area contributed by atoms with Crippen LogP contribution >= 0.6 is 0 Å². The second kappa shape index (κ2) is 7.81. The molecule has 1 aromatic heterocycles. The second-order valence-electron chi connectivity index (χ2n) is 6.43. The highest BCUT2D eigenvalue weighted by Crippen LogP contribution is 2.32. The molecule has 1 aliphatic heterocycles. The van der Waals surface area contributed by atoms with Crippen molar-refractivity contribution in [3.8, 4) is 5.75 Å². The Morgan fingerprint density at radius 3 is 2.75 bits per heavy atom. The molecule has 130 valence electrons. The van der Waals surface area contributed by atoms with Gasteiger partial charge in [-0.25, -0.2) is 0 Å². The van der Waals surface area contributed by atoms with Crippen LogP contribution < -0.4 is 10.1 Å². The number of nitrogens with one attached hydrogen (secondary N) is 1. The minimum atomic E-state index is 0.499. The molecule has 0 spiro atoms. The van der Waals surface area contributed by atoms with Gasteiger partial charge in [-0.1, -0.05) is 12.1 Å². The standard InChI is InChI=1S/C19H27N3O2/c1-14-13-20-19-16(5-4-6-17(19)24-3)18(14)21-15-7-9-22(10-8-15)11-12-23-2/h4-6,13,15H,7-12H2,1-3H3,(H,20,21). The van der Waals surface area contributed by atoms with Crippen LogP contribution in [-0.2, 0) is 4.74 Å². The molecular weight excluding hydrogens is 302 g/mol. The van der Waals surface area contributed by atoms with Gasteiger partial charge in [0.1, 0.15) is 11.3 Å². The van der Waals surface area contributed by atoms with E-state index in [2.05, 4.69) is 28.2 Å². The van der Waals surface area contributed by atoms with Gasteiger partial charge >= 0.3 is 0 Å². The number of aryl methyl sites for hydroxylation is 1. The molecule has 1 aliphatic rings. The van der Waals surface area contributed by atoms with E-state index in [1.807, 2.05) is 18.3 Å². The lowest BCUT2D eigenvalue weighted by atomic mass is 10.0. The van der Waals surface area contributed by atoms with Crippen LogP contribution in [0.4, 0.5) is 5.69 Å². The van der Waals surface area contributed by atoms with E-state index in [9.17, 15) is 0 Å². The normalized spacial score (nSPS) is 16.5. The van der Waals surface area contributed by atoms with Gasteiger partial charge in [-0.2, -0.15) is 0 Å². The van der Waals surface area contributed by atoms with E-state index in [1.54, 1.807) is 14.2 Å². The summed E-state index contributed by atoms with van der Waals surface area (Å²) in [6.45, 7) is 6.18. The Kier molecular flexibility index (Phi) is 5.53. The summed E-state index contributed by atoms with van der Waals surface area (Å²) in [6.07, 6.45) is 4.23. The Morgan fingerprint density at radius 2 is 2.04 bits per heavy atom. The highest BCUT2D eigenvalue weighted by Gasteiger charge is 2.20. The van der Waals surface area contributed by atoms with Gasteiger partial charge in [0.05, 0.1) is 13.7 Å². The third kappa shape index (κ3) is 3.62. The van der Waals surface area contributed by atoms with Crippen LogP contribution in [0, 0.1) is 6.92 Å². The van der Waals surface area contributed by atoms with Gasteiger partial charge in [-0.15, -0.1) is 0 Å². The summed E-state index contributed by atoms with van der Waals surface area (Å²) >= 11 is 0. The van der Waals surface area contributed by atoms with Crippen molar-refractivity contribution in [2.75, 3.05) is 45.8 Å². The maximum absolute atomic E-state index is 5.46. The van der Waals surface area contributed by atoms with E-state index in [0.717, 1.165) is 55.7 Å². The van der Waals surface area contributed by atoms with Crippen molar-refractivity contribution >= 4 is 16.6 Å². The molecule has 0 bridgehead atoms. The number of pyridine rings is 1. The van der Waals surface area contributed by atoms with Crippen LogP contribution in [0.1, 0.15) is 18.4 Å². The summed E-state index contributed by atoms with van der Waals surface area (Å²) in [4.78, 5) is 7.04. The second-order valence-corrected chi connectivity index (χ2v) is 6.43. The van der Waals surface area contributed by atoms with Crippen LogP contribution in [0.25, 0.3) is 10.9 Å². The number of hydrogen-bond donors (Lipinski definition) is 1. The molecule has 5 nitrogen and oxygen atoms in total. The van der Waals surface area contributed by atoms with Gasteiger partial charge in [0.25, 0.3) is 0 Å². The van der Waals surface area contributed by atoms with Gasteiger partial charge in [-0.3, -0.25) is 4.98 Å². The predicted molar refractivity (Wildman–Crippen MR) is 98.0 cm³/mol. The van der Waals surface area contributed by atoms with Crippen molar-refractivity contribution in [2.45, 2.75) is 25.8 Å². The highest BCUT2D eigenvalue weighted by atomic mass is 16.5. The van der Waals surface area contributed by atoms with Crippen LogP contribution in [0.2, 0.25) is 0 Å². The first-order chi connectivity index (χ1) is 11.7. The summed E-state index contributed by atoms with van der Waals surface area (Å²) in [5.41, 5.74) is 3.29. The molecule has 1 saturated heterocycles. The van der Waals surface area contributed by atoms with Crippen LogP contribution in [0.5, 0.6) is 5.75 Å². The zero-order chi connectivity index (χ0) is 16.9. The first-order valence-corrected chi connectivity index (χ1v) is 8.63. The zero-order valence-corrected chi connectivity index (χ0v) is 14.8. The maximum Gasteiger partial charge on any atom is 0.145 e. The molecule has 0 atom stereocenters. The molecule has 1 fully saturated rings. The highest BCUT2D eigenvalue weighted by molar-refractivity contribution is 5.96. The number of hydrogen-bond acceptors (Lipinski definition) is 5. The number of ether oxygens (including phenoxy) is 2. The number of methoxy groups -OCH3 is 2. The number of aromatic nitrogens is 1. The molecule has 2 heterocycles. The average molecular weight is 329 g/mol. The fourth-order valence-electron chi connectivity index (χ4n) is 3.38. The van der Waals surface area contributed by atoms with Crippen molar-refractivity contribution in [1.29, 1.82) is 0 Å². The first-order valence-electron chi connectivity index (χ1n) is 8.63. The van der Waals surface area contributed by atoms with Crippen molar-refractivity contribution in [2.24, 2.45) is 0 Å². The Bertz CT molecular complexity index is 682. The van der Waals surface area contributed by atoms with Gasteiger partial charge in [0, 0.05) is 50.1 Å². The van der Waals surface area contributed by atoms with E-state index >= 15 is 0 Å². The maximum atomic E-state index is 5.46. The molecule has 3 rings (SSSR count). The fourth-order valence-corrected chi connectivity index (χ4v) is 3.38. The number of piperidine rings is 1. The largest absolute Gasteiger partial charge is 0.494 e. The van der Waals surface area contributed by atoms with Crippen LogP contribution in [0.15, 0.2) is 24.4 Å². The van der Waals surface area contributed by atoms with Crippen LogP contribution in [0.3, 0.4) is 0 Å². The Morgan fingerprint density at radius 1 is 1.25 bits per heavy atom. The number of anilines is 1. The number of nitrogens with zero attached hydrogens (tertiary/aromatic N) is 2. The lowest BCUT2D eigenvalue weighted by Gasteiger charge is -2.33. The topological polar surface area (TPSA) is 46.6 Å². The molecule has 2 aromatic rings. The van der Waals surface area contributed by atoms with Crippen molar-refractivity contribution < 1.29 is 9.47 Å². The lowest BCUT2D eigenvalue weighted by molar-refractivity contribution is 0.132. The minimum Gasteiger partial charge on any atom is -0.494 e. The molecule has 0 aliphatic carbocycles. The number of rotatable bonds is 6. The van der Waals surface area contributed by atoms with Gasteiger partial charge in [-0.05, 0) is 31.4 Å². The monoisotopic (exact) mass is 329 g/mol. The van der Waals surface area contributed by atoms with Crippen molar-refractivity contribution in [3.63, 3.8) is 0 Å². The Balaban J connectivity index is 1.75. The molecule has 0 saturated carbocycles. The summed E-state index contributed by atoms with van der Waals surface area (Å²) in [6, 6.07) is 6.61. The SMILES string of the molecule is COCCN1CCC(Nc2c(C)cnc3c(OC)cccc23)CC1. The molecule has 0 amide bonds. The van der Waals surface area contributed by atoms with E-state index < -0.39 is 0 Å². The predicted octanol–water partition coefficient (Wildman–Crippen LogP) is 3.07. The summed E-state index contributed by atoms with van der Waals surface area (Å²) < 4.78 is 10.6. The summed E-state index contributed by atoms with van der Waals surface area (Å²) in [5, 5.41) is 4.90.